The zero-order chi connectivity index (χ0) is 20.8. The number of carbonyl (C=O) groups excluding carboxylic acids is 2. The second-order valence-corrected chi connectivity index (χ2v) is 8.17. The first-order chi connectivity index (χ1) is 14.0. The van der Waals surface area contributed by atoms with E-state index in [2.05, 4.69) is 25.8 Å². The SMILES string of the molecule is CC(=O)C(C)n1c(CCCCCNC(=O)c2cccc(Br)c2)nc2ccccc21. The standard InChI is InChI=1S/C23H26BrN3O2/c1-16(17(2)28)27-21-12-6-5-11-20(21)26-22(27)13-4-3-7-14-25-23(29)18-9-8-10-19(24)15-18/h5-6,8-12,15-16H,3-4,7,13-14H2,1-2H3,(H,25,29). The molecule has 1 amide bonds. The average molecular weight is 456 g/mol. The molecule has 0 saturated heterocycles. The number of para-hydroxylation sites is 2. The number of imidazole rings is 1. The van der Waals surface area contributed by atoms with Gasteiger partial charge in [0.25, 0.3) is 5.91 Å². The molecule has 0 spiro atoms. The third-order valence-electron chi connectivity index (χ3n) is 5.09. The molecule has 0 aliphatic heterocycles. The molecule has 0 radical (unpaired) electrons. The number of nitrogens with one attached hydrogen (secondary N) is 1. The van der Waals surface area contributed by atoms with Crippen LogP contribution in [-0.4, -0.2) is 27.8 Å². The Bertz CT molecular complexity index is 1010. The predicted octanol–water partition coefficient (Wildman–Crippen LogP) is 5.09. The van der Waals surface area contributed by atoms with E-state index < -0.39 is 0 Å². The molecule has 0 saturated carbocycles. The van der Waals surface area contributed by atoms with E-state index in [4.69, 9.17) is 4.98 Å². The molecule has 1 aromatic heterocycles. The number of nitrogens with zero attached hydrogens (tertiary/aromatic N) is 2. The Kier molecular flexibility index (Phi) is 7.20. The lowest BCUT2D eigenvalue weighted by Gasteiger charge is -2.15. The van der Waals surface area contributed by atoms with Gasteiger partial charge in [-0.05, 0) is 57.0 Å². The van der Waals surface area contributed by atoms with Gasteiger partial charge < -0.3 is 9.88 Å². The highest BCUT2D eigenvalue weighted by atomic mass is 79.9. The number of benzene rings is 2. The second-order valence-electron chi connectivity index (χ2n) is 7.25. The summed E-state index contributed by atoms with van der Waals surface area (Å²) in [5, 5.41) is 2.97. The monoisotopic (exact) mass is 455 g/mol. The van der Waals surface area contributed by atoms with Crippen LogP contribution in [0.1, 0.15) is 55.3 Å². The summed E-state index contributed by atoms with van der Waals surface area (Å²) in [7, 11) is 0. The van der Waals surface area contributed by atoms with Gasteiger partial charge in [0, 0.05) is 23.0 Å². The number of carbonyl (C=O) groups is 2. The Labute approximate surface area is 179 Å². The number of aromatic nitrogens is 2. The molecular weight excluding hydrogens is 430 g/mol. The van der Waals surface area contributed by atoms with Gasteiger partial charge in [-0.1, -0.05) is 40.5 Å². The first-order valence-electron chi connectivity index (χ1n) is 9.97. The predicted molar refractivity (Wildman–Crippen MR) is 119 cm³/mol. The van der Waals surface area contributed by atoms with Crippen molar-refractivity contribution in [1.29, 1.82) is 0 Å². The molecule has 0 aliphatic rings. The molecule has 152 valence electrons. The van der Waals surface area contributed by atoms with Gasteiger partial charge in [-0.3, -0.25) is 9.59 Å². The topological polar surface area (TPSA) is 64.0 Å². The van der Waals surface area contributed by atoms with Crippen molar-refractivity contribution in [2.24, 2.45) is 0 Å². The van der Waals surface area contributed by atoms with Crippen LogP contribution in [-0.2, 0) is 11.2 Å². The lowest BCUT2D eigenvalue weighted by molar-refractivity contribution is -0.119. The lowest BCUT2D eigenvalue weighted by atomic mass is 10.1. The fraction of sp³-hybridized carbons (Fsp3) is 0.348. The van der Waals surface area contributed by atoms with Gasteiger partial charge >= 0.3 is 0 Å². The third-order valence-corrected chi connectivity index (χ3v) is 5.59. The Hall–Kier alpha value is -2.47. The summed E-state index contributed by atoms with van der Waals surface area (Å²) in [6.07, 6.45) is 3.66. The Morgan fingerprint density at radius 2 is 1.90 bits per heavy atom. The molecule has 0 fully saturated rings. The molecule has 29 heavy (non-hydrogen) atoms. The fourth-order valence-corrected chi connectivity index (χ4v) is 3.80. The molecule has 1 heterocycles. The van der Waals surface area contributed by atoms with Crippen molar-refractivity contribution in [3.05, 3.63) is 64.4 Å². The number of aryl methyl sites for hydroxylation is 1. The number of hydrogen-bond donors (Lipinski definition) is 1. The summed E-state index contributed by atoms with van der Waals surface area (Å²) < 4.78 is 2.96. The number of halogens is 1. The molecule has 5 nitrogen and oxygen atoms in total. The zero-order valence-corrected chi connectivity index (χ0v) is 18.4. The molecule has 1 N–H and O–H groups in total. The molecule has 3 aromatic rings. The Balaban J connectivity index is 1.52. The van der Waals surface area contributed by atoms with Crippen LogP contribution in [0.2, 0.25) is 0 Å². The van der Waals surface area contributed by atoms with E-state index in [-0.39, 0.29) is 17.7 Å². The zero-order valence-electron chi connectivity index (χ0n) is 16.8. The van der Waals surface area contributed by atoms with Crippen molar-refractivity contribution >= 4 is 38.7 Å². The quantitative estimate of drug-likeness (QED) is 0.456. The van der Waals surface area contributed by atoms with Crippen molar-refractivity contribution < 1.29 is 9.59 Å². The minimum Gasteiger partial charge on any atom is -0.352 e. The van der Waals surface area contributed by atoms with Crippen LogP contribution in [0.4, 0.5) is 0 Å². The van der Waals surface area contributed by atoms with E-state index in [1.165, 1.54) is 0 Å². The molecule has 2 aromatic carbocycles. The van der Waals surface area contributed by atoms with Crippen molar-refractivity contribution in [1.82, 2.24) is 14.9 Å². The Morgan fingerprint density at radius 3 is 2.66 bits per heavy atom. The first kappa shape index (κ1) is 21.2. The molecule has 0 aliphatic carbocycles. The highest BCUT2D eigenvalue weighted by Gasteiger charge is 2.18. The van der Waals surface area contributed by atoms with Crippen LogP contribution in [0.25, 0.3) is 11.0 Å². The minimum atomic E-state index is -0.220. The van der Waals surface area contributed by atoms with E-state index in [1.54, 1.807) is 13.0 Å². The van der Waals surface area contributed by atoms with Crippen LogP contribution in [0.3, 0.4) is 0 Å². The minimum absolute atomic E-state index is 0.0524. The van der Waals surface area contributed by atoms with Gasteiger partial charge in [0.2, 0.25) is 0 Å². The number of ketones is 1. The number of amides is 1. The molecule has 1 unspecified atom stereocenters. The van der Waals surface area contributed by atoms with E-state index in [1.807, 2.05) is 49.4 Å². The van der Waals surface area contributed by atoms with Crippen LogP contribution in [0.5, 0.6) is 0 Å². The summed E-state index contributed by atoms with van der Waals surface area (Å²) >= 11 is 3.38. The van der Waals surface area contributed by atoms with E-state index in [0.29, 0.717) is 12.1 Å². The van der Waals surface area contributed by atoms with Crippen molar-refractivity contribution in [3.63, 3.8) is 0 Å². The van der Waals surface area contributed by atoms with Crippen molar-refractivity contribution in [2.45, 2.75) is 45.6 Å². The number of Topliss-reactive ketones (excluding diaryl/α,β-unsaturated/α-hetero) is 1. The van der Waals surface area contributed by atoms with Crippen molar-refractivity contribution in [2.75, 3.05) is 6.54 Å². The van der Waals surface area contributed by atoms with Gasteiger partial charge in [-0.2, -0.15) is 0 Å². The van der Waals surface area contributed by atoms with Gasteiger partial charge in [-0.15, -0.1) is 0 Å². The maximum Gasteiger partial charge on any atom is 0.251 e. The number of hydrogen-bond acceptors (Lipinski definition) is 3. The maximum atomic E-state index is 12.2. The molecular formula is C23H26BrN3O2. The van der Waals surface area contributed by atoms with Gasteiger partial charge in [0.15, 0.2) is 5.78 Å². The van der Waals surface area contributed by atoms with Gasteiger partial charge in [-0.25, -0.2) is 4.98 Å². The van der Waals surface area contributed by atoms with Crippen LogP contribution in [0, 0.1) is 0 Å². The average Bonchev–Trinajstić information content (AvgIpc) is 3.07. The summed E-state index contributed by atoms with van der Waals surface area (Å²) in [6, 6.07) is 15.1. The number of unbranched alkanes of at least 4 members (excludes halogenated alkanes) is 2. The number of rotatable bonds is 9. The van der Waals surface area contributed by atoms with Gasteiger partial charge in [0.1, 0.15) is 5.82 Å². The third kappa shape index (κ3) is 5.32. The van der Waals surface area contributed by atoms with Gasteiger partial charge in [0.05, 0.1) is 17.1 Å². The Morgan fingerprint density at radius 1 is 1.10 bits per heavy atom. The molecule has 0 bridgehead atoms. The van der Waals surface area contributed by atoms with E-state index in [0.717, 1.165) is 47.0 Å². The smallest absolute Gasteiger partial charge is 0.251 e. The maximum absolute atomic E-state index is 12.2. The number of fused-ring (bicyclic) bond motifs is 1. The molecule has 6 heteroatoms. The molecule has 1 atom stereocenters. The summed E-state index contributed by atoms with van der Waals surface area (Å²) in [5.41, 5.74) is 2.59. The highest BCUT2D eigenvalue weighted by molar-refractivity contribution is 9.10. The summed E-state index contributed by atoms with van der Waals surface area (Å²) in [4.78, 5) is 28.9. The van der Waals surface area contributed by atoms with Crippen LogP contribution < -0.4 is 5.32 Å². The summed E-state index contributed by atoms with van der Waals surface area (Å²) in [6.45, 7) is 4.19. The van der Waals surface area contributed by atoms with E-state index in [9.17, 15) is 9.59 Å². The van der Waals surface area contributed by atoms with Crippen molar-refractivity contribution in [3.8, 4) is 0 Å². The fourth-order valence-electron chi connectivity index (χ4n) is 3.40. The summed E-state index contributed by atoms with van der Waals surface area (Å²) in [5.74, 6) is 1.03. The normalized spacial score (nSPS) is 12.1. The first-order valence-corrected chi connectivity index (χ1v) is 10.8. The second kappa shape index (κ2) is 9.83. The van der Waals surface area contributed by atoms with Crippen LogP contribution in [0.15, 0.2) is 53.0 Å². The highest BCUT2D eigenvalue weighted by Crippen LogP contribution is 2.23. The molecule has 3 rings (SSSR count). The largest absolute Gasteiger partial charge is 0.352 e. The van der Waals surface area contributed by atoms with E-state index >= 15 is 0 Å². The van der Waals surface area contributed by atoms with Crippen LogP contribution >= 0.6 is 15.9 Å². The lowest BCUT2D eigenvalue weighted by Crippen LogP contribution is -2.24.